The van der Waals surface area contributed by atoms with Crippen molar-refractivity contribution in [1.82, 2.24) is 19.6 Å². The third-order valence-corrected chi connectivity index (χ3v) is 5.01. The molecule has 0 spiro atoms. The Bertz CT molecular complexity index is 1190. The van der Waals surface area contributed by atoms with E-state index in [1.54, 1.807) is 6.07 Å². The summed E-state index contributed by atoms with van der Waals surface area (Å²) in [4.78, 5) is 12.2. The molecular formula is C23H24N4O3. The Kier molecular flexibility index (Phi) is 5.52. The zero-order chi connectivity index (χ0) is 21.1. The van der Waals surface area contributed by atoms with Crippen LogP contribution in [0.4, 0.5) is 0 Å². The second-order valence-corrected chi connectivity index (χ2v) is 6.84. The molecule has 0 aliphatic carbocycles. The van der Waals surface area contributed by atoms with Gasteiger partial charge in [0.15, 0.2) is 5.69 Å². The highest BCUT2D eigenvalue weighted by Crippen LogP contribution is 2.28. The Morgan fingerprint density at radius 1 is 1.07 bits per heavy atom. The number of para-hydroxylation sites is 1. The van der Waals surface area contributed by atoms with Crippen LogP contribution in [0.25, 0.3) is 22.2 Å². The Balaban J connectivity index is 1.81. The topological polar surface area (TPSA) is 71.2 Å². The average Bonchev–Trinajstić information content (AvgIpc) is 3.38. The molecule has 0 amide bonds. The molecule has 0 unspecified atom stereocenters. The number of methoxy groups -OCH3 is 1. The summed E-state index contributed by atoms with van der Waals surface area (Å²) in [6, 6.07) is 15.8. The van der Waals surface area contributed by atoms with Crippen LogP contribution < -0.4 is 4.74 Å². The lowest BCUT2D eigenvalue weighted by atomic mass is 10.1. The van der Waals surface area contributed by atoms with Crippen LogP contribution in [-0.4, -0.2) is 39.2 Å². The Hall–Kier alpha value is -3.61. The van der Waals surface area contributed by atoms with Gasteiger partial charge in [-0.25, -0.2) is 4.79 Å². The lowest BCUT2D eigenvalue weighted by molar-refractivity contribution is 0.0593. The van der Waals surface area contributed by atoms with Gasteiger partial charge < -0.3 is 9.47 Å². The minimum Gasteiger partial charge on any atom is -0.494 e. The van der Waals surface area contributed by atoms with Crippen molar-refractivity contribution < 1.29 is 14.3 Å². The Morgan fingerprint density at radius 2 is 1.90 bits per heavy atom. The number of aromatic nitrogens is 4. The van der Waals surface area contributed by atoms with Gasteiger partial charge in [-0.05, 0) is 32.0 Å². The molecule has 2 aromatic carbocycles. The van der Waals surface area contributed by atoms with Gasteiger partial charge in [-0.2, -0.15) is 10.2 Å². The molecule has 0 radical (unpaired) electrons. The minimum absolute atomic E-state index is 0.269. The molecule has 0 N–H and O–H groups in total. The van der Waals surface area contributed by atoms with Crippen molar-refractivity contribution in [2.24, 2.45) is 0 Å². The predicted octanol–water partition coefficient (Wildman–Crippen LogP) is 4.15. The first-order valence-electron chi connectivity index (χ1n) is 9.97. The highest BCUT2D eigenvalue weighted by molar-refractivity contribution is 5.90. The summed E-state index contributed by atoms with van der Waals surface area (Å²) in [5.41, 5.74) is 4.07. The van der Waals surface area contributed by atoms with Crippen LogP contribution in [0.1, 0.15) is 29.9 Å². The Labute approximate surface area is 174 Å². The summed E-state index contributed by atoms with van der Waals surface area (Å²) in [6.07, 6.45) is 1.86. The molecule has 0 saturated carbocycles. The van der Waals surface area contributed by atoms with E-state index in [0.29, 0.717) is 13.2 Å². The normalized spacial score (nSPS) is 11.0. The van der Waals surface area contributed by atoms with Crippen LogP contribution in [0.2, 0.25) is 0 Å². The number of hydrogen-bond donors (Lipinski definition) is 0. The minimum atomic E-state index is -0.465. The average molecular weight is 404 g/mol. The fourth-order valence-corrected chi connectivity index (χ4v) is 3.55. The van der Waals surface area contributed by atoms with Gasteiger partial charge in [0.05, 0.1) is 37.7 Å². The number of benzene rings is 2. The molecule has 0 saturated heterocycles. The van der Waals surface area contributed by atoms with Crippen molar-refractivity contribution in [3.63, 3.8) is 0 Å². The lowest BCUT2D eigenvalue weighted by Gasteiger charge is -2.12. The van der Waals surface area contributed by atoms with Crippen LogP contribution in [0.3, 0.4) is 0 Å². The molecule has 0 atom stereocenters. The van der Waals surface area contributed by atoms with E-state index in [1.807, 2.05) is 58.9 Å². The number of ether oxygens (including phenoxy) is 2. The van der Waals surface area contributed by atoms with Crippen LogP contribution in [0.5, 0.6) is 5.75 Å². The van der Waals surface area contributed by atoms with Crippen LogP contribution >= 0.6 is 0 Å². The van der Waals surface area contributed by atoms with Crippen LogP contribution in [0.15, 0.2) is 54.7 Å². The molecule has 2 heterocycles. The van der Waals surface area contributed by atoms with Crippen molar-refractivity contribution in [3.8, 4) is 17.0 Å². The molecule has 4 rings (SSSR count). The smallest absolute Gasteiger partial charge is 0.358 e. The van der Waals surface area contributed by atoms with E-state index in [1.165, 1.54) is 7.11 Å². The third kappa shape index (κ3) is 3.66. The first kappa shape index (κ1) is 19.7. The van der Waals surface area contributed by atoms with Crippen molar-refractivity contribution in [1.29, 1.82) is 0 Å². The molecule has 2 aromatic heterocycles. The number of hydrogen-bond acceptors (Lipinski definition) is 5. The van der Waals surface area contributed by atoms with E-state index in [0.717, 1.165) is 40.0 Å². The summed E-state index contributed by atoms with van der Waals surface area (Å²) < 4.78 is 14.4. The Morgan fingerprint density at radius 3 is 2.67 bits per heavy atom. The highest BCUT2D eigenvalue weighted by atomic mass is 16.5. The molecule has 0 fully saturated rings. The maximum Gasteiger partial charge on any atom is 0.358 e. The molecular weight excluding hydrogens is 380 g/mol. The van der Waals surface area contributed by atoms with Crippen molar-refractivity contribution in [3.05, 3.63) is 66.0 Å². The molecule has 30 heavy (non-hydrogen) atoms. The summed E-state index contributed by atoms with van der Waals surface area (Å²) >= 11 is 0. The van der Waals surface area contributed by atoms with Crippen molar-refractivity contribution >= 4 is 16.9 Å². The fraction of sp³-hybridized carbons (Fsp3) is 0.261. The van der Waals surface area contributed by atoms with Crippen molar-refractivity contribution in [2.45, 2.75) is 26.9 Å². The number of rotatable bonds is 7. The highest BCUT2D eigenvalue weighted by Gasteiger charge is 2.18. The molecule has 154 valence electrons. The molecule has 7 heteroatoms. The van der Waals surface area contributed by atoms with Gasteiger partial charge in [-0.15, -0.1) is 0 Å². The number of carbonyl (C=O) groups excluding carboxylic acids is 1. The lowest BCUT2D eigenvalue weighted by Crippen LogP contribution is -2.08. The maximum absolute atomic E-state index is 12.2. The number of nitrogens with zero attached hydrogens (tertiary/aromatic N) is 4. The zero-order valence-corrected chi connectivity index (χ0v) is 17.3. The summed E-state index contributed by atoms with van der Waals surface area (Å²) in [7, 11) is 1.36. The molecule has 0 bridgehead atoms. The van der Waals surface area contributed by atoms with E-state index in [4.69, 9.17) is 9.47 Å². The molecule has 4 aromatic rings. The van der Waals surface area contributed by atoms with Gasteiger partial charge in [0.25, 0.3) is 0 Å². The molecule has 7 nitrogen and oxygen atoms in total. The maximum atomic E-state index is 12.2. The summed E-state index contributed by atoms with van der Waals surface area (Å²) in [6.45, 7) is 5.84. The number of aryl methyl sites for hydroxylation is 1. The fourth-order valence-electron chi connectivity index (χ4n) is 3.55. The van der Waals surface area contributed by atoms with Gasteiger partial charge in [0.2, 0.25) is 0 Å². The van der Waals surface area contributed by atoms with Gasteiger partial charge in [0, 0.05) is 23.1 Å². The van der Waals surface area contributed by atoms with E-state index in [9.17, 15) is 4.79 Å². The molecule has 0 aliphatic rings. The number of esters is 1. The van der Waals surface area contributed by atoms with Gasteiger partial charge in [0.1, 0.15) is 5.75 Å². The van der Waals surface area contributed by atoms with Crippen molar-refractivity contribution in [2.75, 3.05) is 13.7 Å². The van der Waals surface area contributed by atoms with Crippen LogP contribution in [0, 0.1) is 0 Å². The second-order valence-electron chi connectivity index (χ2n) is 6.84. The van der Waals surface area contributed by atoms with Gasteiger partial charge in [-0.3, -0.25) is 9.36 Å². The van der Waals surface area contributed by atoms with Gasteiger partial charge >= 0.3 is 5.97 Å². The quantitative estimate of drug-likeness (QED) is 0.433. The largest absolute Gasteiger partial charge is 0.494 e. The first-order valence-corrected chi connectivity index (χ1v) is 9.97. The third-order valence-electron chi connectivity index (χ3n) is 5.01. The standard InChI is InChI=1S/C23H24N4O3/c1-4-26-20-12-16(10-11-17(20)14-24-26)21-13-19(23(28)29-3)25-27(21)15-18-8-6-7-9-22(18)30-5-2/h6-14H,4-5,15H2,1-3H3. The van der Waals surface area contributed by atoms with Gasteiger partial charge in [-0.1, -0.05) is 30.3 Å². The molecule has 0 aliphatic heterocycles. The van der Waals surface area contributed by atoms with E-state index < -0.39 is 5.97 Å². The van der Waals surface area contributed by atoms with E-state index in [2.05, 4.69) is 23.2 Å². The number of fused-ring (bicyclic) bond motifs is 1. The monoisotopic (exact) mass is 404 g/mol. The predicted molar refractivity (Wildman–Crippen MR) is 115 cm³/mol. The number of carbonyl (C=O) groups is 1. The zero-order valence-electron chi connectivity index (χ0n) is 17.3. The SMILES string of the molecule is CCOc1ccccc1Cn1nc(C(=O)OC)cc1-c1ccc2cnn(CC)c2c1. The summed E-state index contributed by atoms with van der Waals surface area (Å²) in [5.74, 6) is 0.341. The second kappa shape index (κ2) is 8.41. The first-order chi connectivity index (χ1) is 14.6. The summed E-state index contributed by atoms with van der Waals surface area (Å²) in [5, 5.41) is 10.0. The van der Waals surface area contributed by atoms with E-state index >= 15 is 0 Å². The van der Waals surface area contributed by atoms with E-state index in [-0.39, 0.29) is 5.69 Å². The van der Waals surface area contributed by atoms with Crippen LogP contribution in [-0.2, 0) is 17.8 Å².